The van der Waals surface area contributed by atoms with E-state index in [-0.39, 0.29) is 30.7 Å². The summed E-state index contributed by atoms with van der Waals surface area (Å²) in [6, 6.07) is 13.8. The number of fused-ring (bicyclic) bond motifs is 2. The third-order valence-electron chi connectivity index (χ3n) is 9.79. The van der Waals surface area contributed by atoms with Crippen LogP contribution in [0, 0.1) is 29.1 Å². The van der Waals surface area contributed by atoms with E-state index in [0.29, 0.717) is 23.2 Å². The molecule has 2 aromatic carbocycles. The van der Waals surface area contributed by atoms with E-state index in [1.807, 2.05) is 24.3 Å². The van der Waals surface area contributed by atoms with Gasteiger partial charge >= 0.3 is 5.97 Å². The Morgan fingerprint density at radius 1 is 1.13 bits per heavy atom. The highest BCUT2D eigenvalue weighted by molar-refractivity contribution is 5.88. The number of hydrogen-bond donors (Lipinski definition) is 4. The maximum Gasteiger partial charge on any atom is 0.335 e. The van der Waals surface area contributed by atoms with Crippen LogP contribution in [0.5, 0.6) is 0 Å². The molecule has 3 unspecified atom stereocenters. The Hall–Kier alpha value is -2.78. The fourth-order valence-electron chi connectivity index (χ4n) is 7.32. The summed E-state index contributed by atoms with van der Waals surface area (Å²) >= 11 is 0. The summed E-state index contributed by atoms with van der Waals surface area (Å²) in [6.07, 6.45) is 0.633. The van der Waals surface area contributed by atoms with Gasteiger partial charge in [-0.15, -0.1) is 0 Å². The number of hydroxylamine groups is 2. The number of hydrogen-bond acceptors (Lipinski definition) is 6. The van der Waals surface area contributed by atoms with Gasteiger partial charge in [0.05, 0.1) is 24.8 Å². The van der Waals surface area contributed by atoms with Gasteiger partial charge in [0, 0.05) is 12.0 Å². The zero-order chi connectivity index (χ0) is 28.1. The fraction of sp³-hybridized carbons (Fsp3) is 0.548. The van der Waals surface area contributed by atoms with Crippen LogP contribution in [0.1, 0.15) is 56.5 Å². The molecule has 1 amide bonds. The molecule has 0 aromatic heterocycles. The predicted octanol–water partition coefficient (Wildman–Crippen LogP) is 3.71. The van der Waals surface area contributed by atoms with E-state index in [2.05, 4.69) is 26.1 Å². The third-order valence-corrected chi connectivity index (χ3v) is 9.79. The Balaban J connectivity index is 1.36. The number of carboxylic acids is 1. The molecule has 0 spiro atoms. The van der Waals surface area contributed by atoms with Crippen LogP contribution in [0.15, 0.2) is 48.5 Å². The largest absolute Gasteiger partial charge is 0.478 e. The van der Waals surface area contributed by atoms with Gasteiger partial charge < -0.3 is 20.6 Å². The van der Waals surface area contributed by atoms with Crippen LogP contribution >= 0.6 is 0 Å². The van der Waals surface area contributed by atoms with Crippen molar-refractivity contribution in [3.05, 3.63) is 59.7 Å². The van der Waals surface area contributed by atoms with Gasteiger partial charge in [-0.05, 0) is 77.8 Å². The molecule has 1 heterocycles. The first-order valence-corrected chi connectivity index (χ1v) is 14.0. The molecular formula is C31H40N2O6. The molecule has 8 atom stereocenters. The minimum atomic E-state index is -0.972. The van der Waals surface area contributed by atoms with Crippen molar-refractivity contribution in [2.45, 2.75) is 71.4 Å². The number of aliphatic hydroxyl groups excluding tert-OH is 2. The zero-order valence-electron chi connectivity index (χ0n) is 23.1. The Labute approximate surface area is 229 Å². The summed E-state index contributed by atoms with van der Waals surface area (Å²) in [5.41, 5.74) is 3.22. The molecule has 39 heavy (non-hydrogen) atoms. The molecule has 0 radical (unpaired) electrons. The number of nitrogens with one attached hydrogen (secondary N) is 1. The second-order valence-electron chi connectivity index (χ2n) is 12.3. The summed E-state index contributed by atoms with van der Waals surface area (Å²) in [7, 11) is 0. The van der Waals surface area contributed by atoms with Gasteiger partial charge in [0.1, 0.15) is 12.1 Å². The van der Waals surface area contributed by atoms with Gasteiger partial charge in [-0.1, -0.05) is 51.1 Å². The molecule has 2 bridgehead atoms. The summed E-state index contributed by atoms with van der Waals surface area (Å²) < 4.78 is 0. The maximum absolute atomic E-state index is 13.8. The fourth-order valence-corrected chi connectivity index (χ4v) is 7.32. The number of aliphatic hydroxyl groups is 2. The van der Waals surface area contributed by atoms with Crippen molar-refractivity contribution in [3.8, 4) is 11.1 Å². The van der Waals surface area contributed by atoms with Crippen molar-refractivity contribution in [3.63, 3.8) is 0 Å². The SMILES string of the molecule is CC1C2C[C@H](C[C@@H]1NC(=O)[C@@H]1[C@H]([C@H](C)O)C(CO)ON1Cc1cccc(-c3ccc(C(=O)O)cc3)c1)C2(C)C. The van der Waals surface area contributed by atoms with E-state index < -0.39 is 30.1 Å². The normalized spacial score (nSPS) is 32.3. The molecule has 2 aromatic rings. The number of aromatic carboxylic acids is 1. The Morgan fingerprint density at radius 3 is 2.44 bits per heavy atom. The van der Waals surface area contributed by atoms with Gasteiger partial charge in [0.2, 0.25) is 5.91 Å². The topological polar surface area (TPSA) is 119 Å². The van der Waals surface area contributed by atoms with Crippen LogP contribution in [0.3, 0.4) is 0 Å². The first kappa shape index (κ1) is 27.8. The second kappa shape index (κ2) is 10.7. The zero-order valence-corrected chi connectivity index (χ0v) is 23.1. The smallest absolute Gasteiger partial charge is 0.335 e. The number of amides is 1. The average Bonchev–Trinajstić information content (AvgIpc) is 3.28. The van der Waals surface area contributed by atoms with Crippen LogP contribution in [0.4, 0.5) is 0 Å². The van der Waals surface area contributed by atoms with Crippen LogP contribution in [-0.2, 0) is 16.2 Å². The van der Waals surface area contributed by atoms with Crippen LogP contribution in [0.2, 0.25) is 0 Å². The Kier molecular flexibility index (Phi) is 7.59. The van der Waals surface area contributed by atoms with Crippen molar-refractivity contribution in [1.29, 1.82) is 0 Å². The van der Waals surface area contributed by atoms with Crippen LogP contribution < -0.4 is 5.32 Å². The monoisotopic (exact) mass is 536 g/mol. The van der Waals surface area contributed by atoms with E-state index in [9.17, 15) is 24.9 Å². The first-order chi connectivity index (χ1) is 18.5. The molecule has 4 aliphatic rings. The quantitative estimate of drug-likeness (QED) is 0.406. The highest BCUT2D eigenvalue weighted by Crippen LogP contribution is 2.61. The number of carbonyl (C=O) groups is 2. The lowest BCUT2D eigenvalue weighted by molar-refractivity contribution is -0.183. The van der Waals surface area contributed by atoms with E-state index in [1.54, 1.807) is 36.3 Å². The molecule has 3 saturated carbocycles. The molecule has 210 valence electrons. The molecule has 1 aliphatic heterocycles. The van der Waals surface area contributed by atoms with Gasteiger partial charge in [-0.25, -0.2) is 4.79 Å². The van der Waals surface area contributed by atoms with Crippen LogP contribution in [0.25, 0.3) is 11.1 Å². The number of benzene rings is 2. The van der Waals surface area contributed by atoms with E-state index >= 15 is 0 Å². The molecule has 4 fully saturated rings. The predicted molar refractivity (Wildman–Crippen MR) is 146 cm³/mol. The lowest BCUT2D eigenvalue weighted by Gasteiger charge is -2.62. The lowest BCUT2D eigenvalue weighted by atomic mass is 9.45. The van der Waals surface area contributed by atoms with Gasteiger partial charge in [0.25, 0.3) is 0 Å². The minimum Gasteiger partial charge on any atom is -0.478 e. The summed E-state index contributed by atoms with van der Waals surface area (Å²) in [5.74, 6) is -0.166. The van der Waals surface area contributed by atoms with Crippen molar-refractivity contribution in [2.75, 3.05) is 6.61 Å². The number of rotatable bonds is 8. The number of carboxylic acid groups (broad SMARTS) is 1. The third kappa shape index (κ3) is 5.11. The number of carbonyl (C=O) groups excluding carboxylic acids is 1. The summed E-state index contributed by atoms with van der Waals surface area (Å²) in [5, 5.41) is 34.8. The summed E-state index contributed by atoms with van der Waals surface area (Å²) in [6.45, 7) is 8.52. The molecule has 1 saturated heterocycles. The second-order valence-corrected chi connectivity index (χ2v) is 12.3. The molecule has 6 rings (SSSR count). The molecule has 4 N–H and O–H groups in total. The Morgan fingerprint density at radius 2 is 1.85 bits per heavy atom. The van der Waals surface area contributed by atoms with Gasteiger partial charge in [0.15, 0.2) is 0 Å². The Bertz CT molecular complexity index is 1210. The van der Waals surface area contributed by atoms with Crippen LogP contribution in [-0.4, -0.2) is 63.2 Å². The van der Waals surface area contributed by atoms with Crippen molar-refractivity contribution < 1.29 is 29.7 Å². The summed E-state index contributed by atoms with van der Waals surface area (Å²) in [4.78, 5) is 31.1. The first-order valence-electron chi connectivity index (χ1n) is 14.0. The van der Waals surface area contributed by atoms with Gasteiger partial charge in [-0.2, -0.15) is 5.06 Å². The molecule has 3 aliphatic carbocycles. The van der Waals surface area contributed by atoms with Crippen molar-refractivity contribution >= 4 is 11.9 Å². The van der Waals surface area contributed by atoms with E-state index in [4.69, 9.17) is 4.84 Å². The van der Waals surface area contributed by atoms with Crippen molar-refractivity contribution in [2.24, 2.45) is 29.1 Å². The average molecular weight is 537 g/mol. The minimum absolute atomic E-state index is 0.0797. The molecular weight excluding hydrogens is 496 g/mol. The van der Waals surface area contributed by atoms with E-state index in [1.165, 1.54) is 6.42 Å². The van der Waals surface area contributed by atoms with Crippen molar-refractivity contribution in [1.82, 2.24) is 10.4 Å². The standard InChI is InChI=1S/C31H40N2O6/c1-17-24-13-23(31(24,3)4)14-25(17)32-29(36)28-27(18(2)35)26(16-34)39-33(28)15-19-6-5-7-22(12-19)20-8-10-21(11-9-20)30(37)38/h5-12,17-18,23-28,34-35H,13-16H2,1-4H3,(H,32,36)(H,37,38)/t17?,18-,23+,24?,25-,26?,27+,28-/m0/s1. The molecule has 8 heteroatoms. The highest BCUT2D eigenvalue weighted by atomic mass is 16.7. The highest BCUT2D eigenvalue weighted by Gasteiger charge is 2.57. The maximum atomic E-state index is 13.8. The lowest BCUT2D eigenvalue weighted by Crippen LogP contribution is -2.62. The molecule has 8 nitrogen and oxygen atoms in total. The number of nitrogens with zero attached hydrogens (tertiary/aromatic N) is 1. The van der Waals surface area contributed by atoms with Gasteiger partial charge in [-0.3, -0.25) is 9.63 Å². The van der Waals surface area contributed by atoms with E-state index in [0.717, 1.165) is 23.1 Å².